The maximum absolute atomic E-state index is 13.2. The highest BCUT2D eigenvalue weighted by molar-refractivity contribution is 6.46. The summed E-state index contributed by atoms with van der Waals surface area (Å²) in [5, 5.41) is 21.4. The van der Waals surface area contributed by atoms with E-state index in [1.807, 2.05) is 21.0 Å². The molecule has 182 valence electrons. The van der Waals surface area contributed by atoms with Crippen molar-refractivity contribution in [2.45, 2.75) is 26.3 Å². The number of hydrogen-bond acceptors (Lipinski definition) is 6. The molecule has 3 rings (SSSR count). The molecule has 0 radical (unpaired) electrons. The fraction of sp³-hybridized carbons (Fsp3) is 0.385. The Labute approximate surface area is 200 Å². The van der Waals surface area contributed by atoms with Crippen molar-refractivity contribution in [3.8, 4) is 17.2 Å². The highest BCUT2D eigenvalue weighted by atomic mass is 16.5. The zero-order chi connectivity index (χ0) is 25.0. The second-order valence-corrected chi connectivity index (χ2v) is 8.65. The number of aliphatic hydroxyl groups excluding tert-OH is 1. The van der Waals surface area contributed by atoms with E-state index in [4.69, 9.17) is 9.47 Å². The molecule has 8 nitrogen and oxygen atoms in total. The van der Waals surface area contributed by atoms with E-state index >= 15 is 0 Å². The smallest absolute Gasteiger partial charge is 0.295 e. The van der Waals surface area contributed by atoms with Gasteiger partial charge in [-0.25, -0.2) is 0 Å². The number of Topliss-reactive ketones (excluding diaryl/α,β-unsaturated/α-hetero) is 1. The number of likely N-dealkylation sites (tertiary alicyclic amines) is 1. The number of carbonyl (C=O) groups excluding carboxylic acids is 2. The topological polar surface area (TPSA) is 101 Å². The third-order valence-corrected chi connectivity index (χ3v) is 5.88. The quantitative estimate of drug-likeness (QED) is 0.295. The fourth-order valence-corrected chi connectivity index (χ4v) is 4.21. The zero-order valence-electron chi connectivity index (χ0n) is 20.3. The number of nitrogens with one attached hydrogen (secondary N) is 1. The summed E-state index contributed by atoms with van der Waals surface area (Å²) in [4.78, 5) is 29.0. The molecule has 8 heteroatoms. The summed E-state index contributed by atoms with van der Waals surface area (Å²) in [5.74, 6) is -0.774. The Morgan fingerprint density at radius 3 is 2.47 bits per heavy atom. The van der Waals surface area contributed by atoms with E-state index in [-0.39, 0.29) is 22.8 Å². The van der Waals surface area contributed by atoms with Crippen LogP contribution < -0.4 is 14.4 Å². The molecule has 0 aliphatic carbocycles. The van der Waals surface area contributed by atoms with Crippen molar-refractivity contribution in [1.82, 2.24) is 4.90 Å². The first-order valence-electron chi connectivity index (χ1n) is 11.4. The first kappa shape index (κ1) is 25.1. The summed E-state index contributed by atoms with van der Waals surface area (Å²) in [5.41, 5.74) is 1.79. The second-order valence-electron chi connectivity index (χ2n) is 8.65. The third-order valence-electron chi connectivity index (χ3n) is 5.88. The van der Waals surface area contributed by atoms with E-state index in [9.17, 15) is 19.8 Å². The number of quaternary nitrogens is 1. The molecule has 2 aromatic carbocycles. The number of amides is 1. The molecular weight excluding hydrogens is 436 g/mol. The number of hydrogen-bond donors (Lipinski definition) is 3. The van der Waals surface area contributed by atoms with Crippen molar-refractivity contribution in [2.24, 2.45) is 0 Å². The predicted octanol–water partition coefficient (Wildman–Crippen LogP) is 2.06. The number of ether oxygens (including phenoxy) is 2. The average molecular weight is 470 g/mol. The van der Waals surface area contributed by atoms with Gasteiger partial charge in [-0.05, 0) is 55.3 Å². The normalized spacial score (nSPS) is 17.5. The maximum Gasteiger partial charge on any atom is 0.295 e. The molecule has 2 aromatic rings. The van der Waals surface area contributed by atoms with Crippen molar-refractivity contribution in [1.29, 1.82) is 0 Å². The van der Waals surface area contributed by atoms with Gasteiger partial charge in [-0.1, -0.05) is 6.07 Å². The molecule has 3 N–H and O–H groups in total. The van der Waals surface area contributed by atoms with E-state index in [0.717, 1.165) is 12.1 Å². The number of aromatic hydroxyl groups is 1. The van der Waals surface area contributed by atoms with Crippen LogP contribution in [0.4, 0.5) is 0 Å². The lowest BCUT2D eigenvalue weighted by molar-refractivity contribution is -0.858. The second kappa shape index (κ2) is 10.6. The van der Waals surface area contributed by atoms with Crippen molar-refractivity contribution in [2.75, 3.05) is 40.9 Å². The van der Waals surface area contributed by atoms with Gasteiger partial charge in [0.1, 0.15) is 11.5 Å². The SMILES string of the molecule is CCOc1cc(C2C(=C(O)c3ccc(OC)c(C)c3)C(=O)C(=O)N2CCC[NH+](C)C)ccc1O. The molecule has 1 aliphatic heterocycles. The van der Waals surface area contributed by atoms with Gasteiger partial charge in [0.05, 0.1) is 46.0 Å². The number of phenolic OH excluding ortho intramolecular Hbond substituents is 1. The van der Waals surface area contributed by atoms with Gasteiger partial charge in [0.25, 0.3) is 11.7 Å². The Morgan fingerprint density at radius 2 is 1.85 bits per heavy atom. The number of benzene rings is 2. The number of methoxy groups -OCH3 is 1. The first-order valence-corrected chi connectivity index (χ1v) is 11.4. The van der Waals surface area contributed by atoms with Gasteiger partial charge in [0, 0.05) is 18.5 Å². The van der Waals surface area contributed by atoms with Crippen molar-refractivity contribution < 1.29 is 34.2 Å². The van der Waals surface area contributed by atoms with Crippen LogP contribution in [0.3, 0.4) is 0 Å². The number of carbonyl (C=O) groups is 2. The predicted molar refractivity (Wildman–Crippen MR) is 128 cm³/mol. The molecule has 1 atom stereocenters. The molecule has 1 aliphatic rings. The molecular formula is C26H33N2O6+. The van der Waals surface area contributed by atoms with E-state index in [0.29, 0.717) is 36.4 Å². The number of aliphatic hydroxyl groups is 1. The Hall–Kier alpha value is -3.52. The van der Waals surface area contributed by atoms with Gasteiger partial charge in [-0.3, -0.25) is 9.59 Å². The molecule has 0 bridgehead atoms. The van der Waals surface area contributed by atoms with Crippen molar-refractivity contribution >= 4 is 17.4 Å². The minimum Gasteiger partial charge on any atom is -0.507 e. The summed E-state index contributed by atoms with van der Waals surface area (Å²) in [7, 11) is 5.60. The van der Waals surface area contributed by atoms with Crippen LogP contribution in [0.25, 0.3) is 5.76 Å². The molecule has 1 saturated heterocycles. The lowest BCUT2D eigenvalue weighted by Gasteiger charge is -2.26. The molecule has 1 amide bonds. The summed E-state index contributed by atoms with van der Waals surface area (Å²) in [6, 6.07) is 9.02. The summed E-state index contributed by atoms with van der Waals surface area (Å²) >= 11 is 0. The van der Waals surface area contributed by atoms with Crippen LogP contribution in [0.2, 0.25) is 0 Å². The Morgan fingerprint density at radius 1 is 1.12 bits per heavy atom. The van der Waals surface area contributed by atoms with Gasteiger partial charge >= 0.3 is 0 Å². The van der Waals surface area contributed by atoms with Crippen LogP contribution >= 0.6 is 0 Å². The molecule has 0 spiro atoms. The molecule has 1 fully saturated rings. The standard InChI is InChI=1S/C26H32N2O6/c1-6-34-21-15-17(8-10-19(21)29)23-22(24(30)18-9-11-20(33-5)16(2)14-18)25(31)26(32)28(23)13-7-12-27(3)4/h8-11,14-15,23,29-30H,6-7,12-13H2,1-5H3/p+1. The van der Waals surface area contributed by atoms with E-state index in [2.05, 4.69) is 0 Å². The van der Waals surface area contributed by atoms with Crippen LogP contribution in [0, 0.1) is 6.92 Å². The monoisotopic (exact) mass is 469 g/mol. The van der Waals surface area contributed by atoms with Gasteiger partial charge in [-0.15, -0.1) is 0 Å². The number of aryl methyl sites for hydroxylation is 1. The summed E-state index contributed by atoms with van der Waals surface area (Å²) in [6.45, 7) is 5.14. The number of phenols is 1. The number of nitrogens with zero attached hydrogens (tertiary/aromatic N) is 1. The molecule has 0 saturated carbocycles. The van der Waals surface area contributed by atoms with Crippen LogP contribution in [0.5, 0.6) is 17.2 Å². The number of rotatable bonds is 9. The molecule has 0 aromatic heterocycles. The molecule has 1 heterocycles. The summed E-state index contributed by atoms with van der Waals surface area (Å²) in [6.07, 6.45) is 0.684. The largest absolute Gasteiger partial charge is 0.507 e. The van der Waals surface area contributed by atoms with Crippen LogP contribution in [-0.4, -0.2) is 67.7 Å². The van der Waals surface area contributed by atoms with E-state index in [1.165, 1.54) is 15.9 Å². The Bertz CT molecular complexity index is 1110. The molecule has 1 unspecified atom stereocenters. The van der Waals surface area contributed by atoms with E-state index in [1.54, 1.807) is 44.4 Å². The lowest BCUT2D eigenvalue weighted by Crippen LogP contribution is -3.05. The lowest BCUT2D eigenvalue weighted by atomic mass is 9.94. The Kier molecular flexibility index (Phi) is 7.83. The molecule has 34 heavy (non-hydrogen) atoms. The average Bonchev–Trinajstić information content (AvgIpc) is 3.05. The van der Waals surface area contributed by atoms with Gasteiger partial charge in [0.2, 0.25) is 0 Å². The van der Waals surface area contributed by atoms with Crippen LogP contribution in [0.1, 0.15) is 36.1 Å². The summed E-state index contributed by atoms with van der Waals surface area (Å²) < 4.78 is 10.8. The van der Waals surface area contributed by atoms with Crippen molar-refractivity contribution in [3.05, 3.63) is 58.7 Å². The third kappa shape index (κ3) is 5.02. The van der Waals surface area contributed by atoms with Gasteiger partial charge < -0.3 is 29.5 Å². The Balaban J connectivity index is 2.15. The van der Waals surface area contributed by atoms with Gasteiger partial charge in [-0.2, -0.15) is 0 Å². The number of ketones is 1. The van der Waals surface area contributed by atoms with Crippen LogP contribution in [-0.2, 0) is 9.59 Å². The van der Waals surface area contributed by atoms with E-state index < -0.39 is 17.7 Å². The fourth-order valence-electron chi connectivity index (χ4n) is 4.21. The minimum absolute atomic E-state index is 0.0138. The highest BCUT2D eigenvalue weighted by Gasteiger charge is 2.46. The minimum atomic E-state index is -0.806. The zero-order valence-corrected chi connectivity index (χ0v) is 20.3. The van der Waals surface area contributed by atoms with Crippen LogP contribution in [0.15, 0.2) is 42.0 Å². The highest BCUT2D eigenvalue weighted by Crippen LogP contribution is 2.42. The van der Waals surface area contributed by atoms with Gasteiger partial charge in [0.15, 0.2) is 11.5 Å². The maximum atomic E-state index is 13.2. The first-order chi connectivity index (χ1) is 16.2. The van der Waals surface area contributed by atoms with Crippen molar-refractivity contribution in [3.63, 3.8) is 0 Å².